The van der Waals surface area contributed by atoms with Gasteiger partial charge >= 0.3 is 12.4 Å². The highest BCUT2D eigenvalue weighted by atomic mass is 19.4. The number of hydrogen-bond donors (Lipinski definition) is 1. The molecule has 0 fully saturated rings. The molecule has 0 spiro atoms. The molecule has 2 aromatic heterocycles. The molecule has 1 aromatic carbocycles. The van der Waals surface area contributed by atoms with Gasteiger partial charge in [0.15, 0.2) is 0 Å². The van der Waals surface area contributed by atoms with Crippen LogP contribution in [0, 0.1) is 11.3 Å². The van der Waals surface area contributed by atoms with Gasteiger partial charge in [0, 0.05) is 18.1 Å². The molecule has 0 atom stereocenters. The zero-order chi connectivity index (χ0) is 22.8. The van der Waals surface area contributed by atoms with Gasteiger partial charge in [0.1, 0.15) is 34.7 Å². The van der Waals surface area contributed by atoms with E-state index >= 15 is 0 Å². The number of hydrogen-bond acceptors (Lipinski definition) is 5. The van der Waals surface area contributed by atoms with Gasteiger partial charge in [-0.05, 0) is 30.3 Å². The smallest absolute Gasteiger partial charge is 0.433 e. The van der Waals surface area contributed by atoms with Crippen LogP contribution in [-0.2, 0) is 18.9 Å². The number of anilines is 1. The highest BCUT2D eigenvalue weighted by molar-refractivity contribution is 5.58. The Morgan fingerprint density at radius 1 is 1.10 bits per heavy atom. The maximum Gasteiger partial charge on any atom is 0.433 e. The van der Waals surface area contributed by atoms with E-state index in [1.54, 1.807) is 35.0 Å². The molecule has 0 saturated heterocycles. The number of imidazole rings is 1. The van der Waals surface area contributed by atoms with Crippen LogP contribution in [0.2, 0.25) is 0 Å². The van der Waals surface area contributed by atoms with Gasteiger partial charge < -0.3 is 14.6 Å². The van der Waals surface area contributed by atoms with Crippen molar-refractivity contribution in [3.8, 4) is 17.5 Å². The molecule has 0 unspecified atom stereocenters. The van der Waals surface area contributed by atoms with E-state index in [2.05, 4.69) is 15.3 Å². The lowest BCUT2D eigenvalue weighted by molar-refractivity contribution is -0.145. The molecule has 12 heteroatoms. The summed E-state index contributed by atoms with van der Waals surface area (Å²) >= 11 is 0. The molecule has 0 aliphatic carbocycles. The summed E-state index contributed by atoms with van der Waals surface area (Å²) in [4.78, 5) is 7.26. The first-order valence-corrected chi connectivity index (χ1v) is 8.54. The van der Waals surface area contributed by atoms with Gasteiger partial charge in [-0.2, -0.15) is 31.6 Å². The molecule has 0 amide bonds. The van der Waals surface area contributed by atoms with E-state index in [1.165, 1.54) is 19.4 Å². The van der Waals surface area contributed by atoms with Crippen molar-refractivity contribution >= 4 is 5.82 Å². The fourth-order valence-electron chi connectivity index (χ4n) is 2.76. The minimum Gasteiger partial charge on any atom is -0.497 e. The zero-order valence-corrected chi connectivity index (χ0v) is 15.7. The minimum atomic E-state index is -5.17. The van der Waals surface area contributed by atoms with Crippen LogP contribution in [0.15, 0.2) is 42.7 Å². The van der Waals surface area contributed by atoms with Crippen LogP contribution in [0.1, 0.15) is 22.6 Å². The average molecular weight is 441 g/mol. The van der Waals surface area contributed by atoms with Gasteiger partial charge in [0.05, 0.1) is 19.2 Å². The van der Waals surface area contributed by atoms with Crippen LogP contribution < -0.4 is 10.1 Å². The van der Waals surface area contributed by atoms with Gasteiger partial charge in [0.2, 0.25) is 0 Å². The Hall–Kier alpha value is -3.75. The average Bonchev–Trinajstić information content (AvgIpc) is 3.18. The molecule has 0 aliphatic rings. The van der Waals surface area contributed by atoms with Gasteiger partial charge in [-0.25, -0.2) is 9.97 Å². The van der Waals surface area contributed by atoms with Crippen molar-refractivity contribution < 1.29 is 31.1 Å². The highest BCUT2D eigenvalue weighted by Crippen LogP contribution is 2.38. The van der Waals surface area contributed by atoms with Crippen LogP contribution in [0.5, 0.6) is 5.75 Å². The molecule has 6 nitrogen and oxygen atoms in total. The zero-order valence-electron chi connectivity index (χ0n) is 15.7. The number of benzene rings is 1. The summed E-state index contributed by atoms with van der Waals surface area (Å²) in [5, 5.41) is 11.5. The Kier molecular flexibility index (Phi) is 5.79. The van der Waals surface area contributed by atoms with E-state index in [9.17, 15) is 26.3 Å². The molecule has 1 N–H and O–H groups in total. The lowest BCUT2D eigenvalue weighted by atomic mass is 10.1. The summed E-state index contributed by atoms with van der Waals surface area (Å²) in [7, 11) is 1.49. The Morgan fingerprint density at radius 3 is 2.32 bits per heavy atom. The van der Waals surface area contributed by atoms with Gasteiger partial charge in [-0.15, -0.1) is 0 Å². The summed E-state index contributed by atoms with van der Waals surface area (Å²) in [6.45, 7) is -0.292. The Bertz CT molecular complexity index is 1110. The third kappa shape index (κ3) is 4.71. The summed E-state index contributed by atoms with van der Waals surface area (Å²) in [5.41, 5.74) is -3.90. The fourth-order valence-corrected chi connectivity index (χ4v) is 2.76. The minimum absolute atomic E-state index is 0.179. The first-order chi connectivity index (χ1) is 14.5. The van der Waals surface area contributed by atoms with E-state index < -0.39 is 35.0 Å². The third-order valence-corrected chi connectivity index (χ3v) is 4.21. The predicted molar refractivity (Wildman–Crippen MR) is 96.4 cm³/mol. The molecule has 3 aromatic rings. The number of pyridine rings is 1. The quantitative estimate of drug-likeness (QED) is 0.576. The molecular formula is C19H13F6N5O. The van der Waals surface area contributed by atoms with Crippen LogP contribution in [0.3, 0.4) is 0 Å². The predicted octanol–water partition coefficient (Wildman–Crippen LogP) is 4.80. The van der Waals surface area contributed by atoms with Gasteiger partial charge in [-0.3, -0.25) is 0 Å². The van der Waals surface area contributed by atoms with Crippen molar-refractivity contribution in [2.45, 2.75) is 18.9 Å². The topological polar surface area (TPSA) is 75.8 Å². The van der Waals surface area contributed by atoms with E-state index in [0.717, 1.165) is 0 Å². The number of nitriles is 1. The second-order valence-electron chi connectivity index (χ2n) is 6.15. The van der Waals surface area contributed by atoms with Gasteiger partial charge in [-0.1, -0.05) is 0 Å². The number of methoxy groups -OCH3 is 1. The molecule has 31 heavy (non-hydrogen) atoms. The van der Waals surface area contributed by atoms with Crippen molar-refractivity contribution in [2.24, 2.45) is 0 Å². The second-order valence-corrected chi connectivity index (χ2v) is 6.15. The van der Waals surface area contributed by atoms with E-state index in [1.807, 2.05) is 0 Å². The van der Waals surface area contributed by atoms with Crippen molar-refractivity contribution in [1.29, 1.82) is 5.26 Å². The second kappa shape index (κ2) is 8.17. The maximum atomic E-state index is 13.2. The summed E-state index contributed by atoms with van der Waals surface area (Å²) in [6.07, 6.45) is -7.34. The standard InChI is InChI=1S/C19H13F6N5O/c1-31-12-4-2-11(3-5-12)30-7-6-27-16(30)10-28-17-13(9-26)14(18(20,21)22)8-15(29-17)19(23,24)25/h2-8H,10H2,1H3,(H,28,29). The Labute approximate surface area is 171 Å². The summed E-state index contributed by atoms with van der Waals surface area (Å²) < 4.78 is 85.6. The monoisotopic (exact) mass is 441 g/mol. The number of alkyl halides is 6. The first kappa shape index (κ1) is 21.9. The Morgan fingerprint density at radius 2 is 1.77 bits per heavy atom. The lowest BCUT2D eigenvalue weighted by Gasteiger charge is -2.16. The molecule has 0 radical (unpaired) electrons. The molecule has 0 bridgehead atoms. The van der Waals surface area contributed by atoms with Crippen molar-refractivity contribution in [1.82, 2.24) is 14.5 Å². The summed E-state index contributed by atoms with van der Waals surface area (Å²) in [6, 6.07) is 7.83. The Balaban J connectivity index is 1.97. The molecule has 3 rings (SSSR count). The molecule has 162 valence electrons. The van der Waals surface area contributed by atoms with Gasteiger partial charge in [0.25, 0.3) is 0 Å². The number of halogens is 6. The highest BCUT2D eigenvalue weighted by Gasteiger charge is 2.41. The van der Waals surface area contributed by atoms with Crippen molar-refractivity contribution in [2.75, 3.05) is 12.4 Å². The normalized spacial score (nSPS) is 11.8. The third-order valence-electron chi connectivity index (χ3n) is 4.21. The number of aromatic nitrogens is 3. The van der Waals surface area contributed by atoms with Crippen LogP contribution >= 0.6 is 0 Å². The number of nitrogens with one attached hydrogen (secondary N) is 1. The molecular weight excluding hydrogens is 428 g/mol. The number of ether oxygens (including phenoxy) is 1. The van der Waals surface area contributed by atoms with Crippen molar-refractivity contribution in [3.63, 3.8) is 0 Å². The largest absolute Gasteiger partial charge is 0.497 e. The first-order valence-electron chi connectivity index (χ1n) is 8.54. The van der Waals surface area contributed by atoms with E-state index in [0.29, 0.717) is 11.4 Å². The molecule has 0 saturated carbocycles. The van der Waals surface area contributed by atoms with Crippen LogP contribution in [0.4, 0.5) is 32.2 Å². The maximum absolute atomic E-state index is 13.2. The number of rotatable bonds is 5. The van der Waals surface area contributed by atoms with E-state index in [-0.39, 0.29) is 18.4 Å². The van der Waals surface area contributed by atoms with Crippen LogP contribution in [-0.4, -0.2) is 21.6 Å². The van der Waals surface area contributed by atoms with Crippen molar-refractivity contribution in [3.05, 3.63) is 65.4 Å². The summed E-state index contributed by atoms with van der Waals surface area (Å²) in [5.74, 6) is 0.0193. The van der Waals surface area contributed by atoms with Crippen LogP contribution in [0.25, 0.3) is 5.69 Å². The van der Waals surface area contributed by atoms with E-state index in [4.69, 9.17) is 10.00 Å². The molecule has 0 aliphatic heterocycles. The fraction of sp³-hybridized carbons (Fsp3) is 0.211. The molecule has 2 heterocycles. The lowest BCUT2D eigenvalue weighted by Crippen LogP contribution is -2.18. The SMILES string of the molecule is COc1ccc(-n2ccnc2CNc2nc(C(F)(F)F)cc(C(F)(F)F)c2C#N)cc1. The number of nitrogens with zero attached hydrogens (tertiary/aromatic N) is 4.